The summed E-state index contributed by atoms with van der Waals surface area (Å²) in [6.07, 6.45) is -0.301. The second-order valence-electron chi connectivity index (χ2n) is 4.32. The van der Waals surface area contributed by atoms with Crippen molar-refractivity contribution in [3.63, 3.8) is 0 Å². The fourth-order valence-electron chi connectivity index (χ4n) is 2.02. The summed E-state index contributed by atoms with van der Waals surface area (Å²) >= 11 is 1.86. The van der Waals surface area contributed by atoms with Crippen LogP contribution in [0.5, 0.6) is 0 Å². The first kappa shape index (κ1) is 11.0. The van der Waals surface area contributed by atoms with Crippen LogP contribution in [0.1, 0.15) is 11.7 Å². The van der Waals surface area contributed by atoms with E-state index in [0.717, 1.165) is 17.9 Å². The zero-order valence-corrected chi connectivity index (χ0v) is 10.00. The Labute approximate surface area is 95.3 Å². The van der Waals surface area contributed by atoms with Gasteiger partial charge in [-0.15, -0.1) is 11.8 Å². The molecule has 0 saturated heterocycles. The number of rotatable bonds is 2. The van der Waals surface area contributed by atoms with E-state index in [2.05, 4.69) is 25.1 Å². The van der Waals surface area contributed by atoms with Crippen LogP contribution in [0.25, 0.3) is 0 Å². The summed E-state index contributed by atoms with van der Waals surface area (Å²) in [5, 5.41) is 10.2. The number of aliphatic hydroxyl groups excluding tert-OH is 1. The zero-order chi connectivity index (χ0) is 10.8. The second kappa shape index (κ2) is 4.56. The van der Waals surface area contributed by atoms with Gasteiger partial charge in [-0.3, -0.25) is 0 Å². The Balaban J connectivity index is 2.18. The number of hydrogen-bond acceptors (Lipinski definition) is 3. The molecular weight excluding hydrogens is 206 g/mol. The Hall–Kier alpha value is -0.510. The lowest BCUT2D eigenvalue weighted by atomic mass is 9.96. The molecule has 2 rings (SSSR count). The smallest absolute Gasteiger partial charge is 0.0849 e. The Morgan fingerprint density at radius 1 is 1.40 bits per heavy atom. The normalized spacial score (nSPS) is 25.3. The van der Waals surface area contributed by atoms with Crippen LogP contribution in [-0.2, 0) is 0 Å². The molecule has 1 aliphatic rings. The van der Waals surface area contributed by atoms with Crippen molar-refractivity contribution in [1.29, 1.82) is 0 Å². The molecule has 2 atom stereocenters. The molecule has 1 N–H and O–H groups in total. The summed E-state index contributed by atoms with van der Waals surface area (Å²) in [5.41, 5.74) is 1.10. The van der Waals surface area contributed by atoms with E-state index in [0.29, 0.717) is 5.92 Å². The van der Waals surface area contributed by atoms with Gasteiger partial charge in [-0.2, -0.15) is 0 Å². The SMILES string of the molecule is CN(C)C[C@H]1CSc2ccccc2[C@@H]1O. The Bertz CT molecular complexity index is 340. The molecule has 0 fully saturated rings. The molecule has 1 aromatic carbocycles. The van der Waals surface area contributed by atoms with Crippen molar-refractivity contribution in [2.75, 3.05) is 26.4 Å². The van der Waals surface area contributed by atoms with Crippen LogP contribution >= 0.6 is 11.8 Å². The van der Waals surface area contributed by atoms with E-state index < -0.39 is 0 Å². The lowest BCUT2D eigenvalue weighted by molar-refractivity contribution is 0.0980. The first-order valence-electron chi connectivity index (χ1n) is 5.23. The summed E-state index contributed by atoms with van der Waals surface area (Å²) in [4.78, 5) is 3.38. The zero-order valence-electron chi connectivity index (χ0n) is 9.18. The highest BCUT2D eigenvalue weighted by Crippen LogP contribution is 2.39. The highest BCUT2D eigenvalue weighted by atomic mass is 32.2. The quantitative estimate of drug-likeness (QED) is 0.829. The van der Waals surface area contributed by atoms with Gasteiger partial charge in [-0.25, -0.2) is 0 Å². The third kappa shape index (κ3) is 2.36. The van der Waals surface area contributed by atoms with Crippen molar-refractivity contribution >= 4 is 11.8 Å². The monoisotopic (exact) mass is 223 g/mol. The molecule has 0 spiro atoms. The molecular formula is C12H17NOS. The van der Waals surface area contributed by atoms with Gasteiger partial charge in [0.05, 0.1) is 6.10 Å². The van der Waals surface area contributed by atoms with E-state index in [1.165, 1.54) is 4.90 Å². The standard InChI is InChI=1S/C12H17NOS/c1-13(2)7-9-8-15-11-6-4-3-5-10(11)12(9)14/h3-6,9,12,14H,7-8H2,1-2H3/t9-,12+/m0/s1. The molecule has 15 heavy (non-hydrogen) atoms. The van der Waals surface area contributed by atoms with E-state index in [1.54, 1.807) is 0 Å². The fraction of sp³-hybridized carbons (Fsp3) is 0.500. The molecule has 3 heteroatoms. The number of fused-ring (bicyclic) bond motifs is 1. The largest absolute Gasteiger partial charge is 0.388 e. The minimum atomic E-state index is -0.301. The van der Waals surface area contributed by atoms with Gasteiger partial charge in [0.15, 0.2) is 0 Å². The third-order valence-corrected chi connectivity index (χ3v) is 4.01. The van der Waals surface area contributed by atoms with Gasteiger partial charge in [-0.1, -0.05) is 18.2 Å². The second-order valence-corrected chi connectivity index (χ2v) is 5.38. The molecule has 2 nitrogen and oxygen atoms in total. The number of thioether (sulfide) groups is 1. The van der Waals surface area contributed by atoms with Crippen LogP contribution < -0.4 is 0 Å². The van der Waals surface area contributed by atoms with E-state index in [9.17, 15) is 5.11 Å². The van der Waals surface area contributed by atoms with E-state index in [4.69, 9.17) is 0 Å². The predicted octanol–water partition coefficient (Wildman–Crippen LogP) is 2.00. The van der Waals surface area contributed by atoms with Gasteiger partial charge in [0.25, 0.3) is 0 Å². The Kier molecular flexibility index (Phi) is 3.34. The maximum Gasteiger partial charge on any atom is 0.0849 e. The number of aliphatic hydroxyl groups is 1. The van der Waals surface area contributed by atoms with Crippen LogP contribution in [-0.4, -0.2) is 36.4 Å². The topological polar surface area (TPSA) is 23.5 Å². The predicted molar refractivity (Wildman–Crippen MR) is 64.2 cm³/mol. The molecule has 0 amide bonds. The molecule has 1 heterocycles. The minimum absolute atomic E-state index is 0.301. The summed E-state index contributed by atoms with van der Waals surface area (Å²) in [6.45, 7) is 0.947. The molecule has 0 unspecified atom stereocenters. The van der Waals surface area contributed by atoms with Gasteiger partial charge in [0.1, 0.15) is 0 Å². The fourth-order valence-corrected chi connectivity index (χ4v) is 3.23. The van der Waals surface area contributed by atoms with Crippen molar-refractivity contribution in [2.24, 2.45) is 5.92 Å². The van der Waals surface area contributed by atoms with Gasteiger partial charge in [0, 0.05) is 23.1 Å². The van der Waals surface area contributed by atoms with Crippen molar-refractivity contribution in [3.8, 4) is 0 Å². The van der Waals surface area contributed by atoms with Gasteiger partial charge >= 0.3 is 0 Å². The average molecular weight is 223 g/mol. The highest BCUT2D eigenvalue weighted by Gasteiger charge is 2.28. The Morgan fingerprint density at radius 2 is 2.13 bits per heavy atom. The van der Waals surface area contributed by atoms with Gasteiger partial charge in [-0.05, 0) is 25.7 Å². The lowest BCUT2D eigenvalue weighted by Crippen LogP contribution is -2.30. The van der Waals surface area contributed by atoms with Gasteiger partial charge in [0.2, 0.25) is 0 Å². The summed E-state index contributed by atoms with van der Waals surface area (Å²) in [5.74, 6) is 1.36. The van der Waals surface area contributed by atoms with Crippen LogP contribution in [0.4, 0.5) is 0 Å². The molecule has 0 aliphatic carbocycles. The summed E-state index contributed by atoms with van der Waals surface area (Å²) < 4.78 is 0. The molecule has 0 bridgehead atoms. The molecule has 82 valence electrons. The molecule has 0 aromatic heterocycles. The number of hydrogen-bond donors (Lipinski definition) is 1. The molecule has 1 aliphatic heterocycles. The van der Waals surface area contributed by atoms with Crippen LogP contribution in [0.2, 0.25) is 0 Å². The van der Waals surface area contributed by atoms with Gasteiger partial charge < -0.3 is 10.0 Å². The van der Waals surface area contributed by atoms with Crippen molar-refractivity contribution in [1.82, 2.24) is 4.90 Å². The lowest BCUT2D eigenvalue weighted by Gasteiger charge is -2.31. The van der Waals surface area contributed by atoms with E-state index in [-0.39, 0.29) is 6.10 Å². The highest BCUT2D eigenvalue weighted by molar-refractivity contribution is 7.99. The molecule has 1 aromatic rings. The maximum absolute atomic E-state index is 10.2. The number of nitrogens with zero attached hydrogens (tertiary/aromatic N) is 1. The first-order chi connectivity index (χ1) is 7.18. The molecule has 0 radical (unpaired) electrons. The third-order valence-electron chi connectivity index (χ3n) is 2.74. The number of benzene rings is 1. The minimum Gasteiger partial charge on any atom is -0.388 e. The van der Waals surface area contributed by atoms with E-state index in [1.807, 2.05) is 30.0 Å². The van der Waals surface area contributed by atoms with Crippen molar-refractivity contribution < 1.29 is 5.11 Å². The van der Waals surface area contributed by atoms with E-state index >= 15 is 0 Å². The summed E-state index contributed by atoms with van der Waals surface area (Å²) in [7, 11) is 4.11. The summed E-state index contributed by atoms with van der Waals surface area (Å²) in [6, 6.07) is 8.16. The Morgan fingerprint density at radius 3 is 2.87 bits per heavy atom. The molecule has 0 saturated carbocycles. The van der Waals surface area contributed by atoms with Crippen LogP contribution in [0.3, 0.4) is 0 Å². The maximum atomic E-state index is 10.2. The van der Waals surface area contributed by atoms with Crippen LogP contribution in [0, 0.1) is 5.92 Å². The first-order valence-corrected chi connectivity index (χ1v) is 6.21. The van der Waals surface area contributed by atoms with Crippen LogP contribution in [0.15, 0.2) is 29.2 Å². The van der Waals surface area contributed by atoms with Crippen molar-refractivity contribution in [3.05, 3.63) is 29.8 Å². The average Bonchev–Trinajstić information content (AvgIpc) is 2.22. The van der Waals surface area contributed by atoms with Crippen molar-refractivity contribution in [2.45, 2.75) is 11.0 Å².